The van der Waals surface area contributed by atoms with Gasteiger partial charge in [-0.3, -0.25) is 0 Å². The van der Waals surface area contributed by atoms with Gasteiger partial charge in [-0.25, -0.2) is 0 Å². The summed E-state index contributed by atoms with van der Waals surface area (Å²) in [5, 5.41) is 9.63. The summed E-state index contributed by atoms with van der Waals surface area (Å²) in [6.45, 7) is 4.50. The van der Waals surface area contributed by atoms with Crippen LogP contribution in [0, 0.1) is 22.7 Å². The largest absolute Gasteiger partial charge is 0.198 e. The summed E-state index contributed by atoms with van der Waals surface area (Å²) in [6.07, 6.45) is 12.3. The molecule has 0 amide bonds. The van der Waals surface area contributed by atoms with Crippen LogP contribution < -0.4 is 0 Å². The Bertz CT molecular complexity index is 617. The van der Waals surface area contributed by atoms with Gasteiger partial charge in [0.1, 0.15) is 0 Å². The number of unbranched alkanes of at least 4 members (excludes halogenated alkanes) is 2. The van der Waals surface area contributed by atoms with Crippen molar-refractivity contribution < 1.29 is 0 Å². The van der Waals surface area contributed by atoms with Gasteiger partial charge >= 0.3 is 0 Å². The molecule has 0 radical (unpaired) electrons. The van der Waals surface area contributed by atoms with Crippen LogP contribution in [0.1, 0.15) is 99.7 Å². The van der Waals surface area contributed by atoms with E-state index in [0.29, 0.717) is 10.5 Å². The van der Waals surface area contributed by atoms with Crippen LogP contribution in [0.2, 0.25) is 0 Å². The molecule has 28 heavy (non-hydrogen) atoms. The summed E-state index contributed by atoms with van der Waals surface area (Å²) in [6, 6.07) is 12.2. The average molecular weight is 416 g/mol. The number of hydrogen-bond acceptors (Lipinski definition) is 3. The standard InChI is InChI=1S/C25H37NS2/c1-3-5-6-7-20-17-27-24(28-18-20)23-10-8-21(9-11-23)22-12-15-25(19-26,14-4-2)16-13-22/h8-11,20,22,24H,3-7,12-18H2,1-2H3. The molecule has 1 aromatic carbocycles. The number of thioether (sulfide) groups is 2. The van der Waals surface area contributed by atoms with Crippen molar-refractivity contribution in [3.63, 3.8) is 0 Å². The Balaban J connectivity index is 1.49. The highest BCUT2D eigenvalue weighted by Gasteiger charge is 2.35. The van der Waals surface area contributed by atoms with Crippen molar-refractivity contribution in [2.24, 2.45) is 11.3 Å². The van der Waals surface area contributed by atoms with E-state index in [1.165, 1.54) is 61.2 Å². The lowest BCUT2D eigenvalue weighted by Crippen LogP contribution is -2.25. The third-order valence-corrected chi connectivity index (χ3v) is 10.1. The number of rotatable bonds is 8. The Morgan fingerprint density at radius 1 is 0.964 bits per heavy atom. The molecular weight excluding hydrogens is 378 g/mol. The van der Waals surface area contributed by atoms with Gasteiger partial charge in [0.25, 0.3) is 0 Å². The number of hydrogen-bond donors (Lipinski definition) is 0. The topological polar surface area (TPSA) is 23.8 Å². The van der Waals surface area contributed by atoms with Crippen LogP contribution in [0.15, 0.2) is 24.3 Å². The van der Waals surface area contributed by atoms with Gasteiger partial charge < -0.3 is 0 Å². The van der Waals surface area contributed by atoms with Gasteiger partial charge in [0.2, 0.25) is 0 Å². The molecule has 1 aromatic rings. The zero-order valence-corrected chi connectivity index (χ0v) is 19.4. The molecule has 1 aliphatic heterocycles. The highest BCUT2D eigenvalue weighted by Crippen LogP contribution is 2.48. The maximum Gasteiger partial charge on any atom is 0.0751 e. The summed E-state index contributed by atoms with van der Waals surface area (Å²) in [5.41, 5.74) is 2.96. The fraction of sp³-hybridized carbons (Fsp3) is 0.720. The predicted molar refractivity (Wildman–Crippen MR) is 126 cm³/mol. The minimum atomic E-state index is -0.0335. The molecule has 0 unspecified atom stereocenters. The maximum atomic E-state index is 9.63. The molecule has 1 saturated carbocycles. The van der Waals surface area contributed by atoms with Crippen LogP contribution in [-0.4, -0.2) is 11.5 Å². The van der Waals surface area contributed by atoms with Gasteiger partial charge in [-0.15, -0.1) is 23.5 Å². The first-order valence-electron chi connectivity index (χ1n) is 11.4. The quantitative estimate of drug-likeness (QED) is 0.399. The van der Waals surface area contributed by atoms with Gasteiger partial charge in [0.15, 0.2) is 0 Å². The molecule has 0 bridgehead atoms. The SMILES string of the molecule is CCCCCC1CSC(c2ccc(C3CCC(C#N)(CCC)CC3)cc2)SC1. The van der Waals surface area contributed by atoms with Crippen LogP contribution in [0.5, 0.6) is 0 Å². The molecule has 2 aliphatic rings. The van der Waals surface area contributed by atoms with Crippen LogP contribution in [-0.2, 0) is 0 Å². The molecule has 1 aliphatic carbocycles. The Kier molecular flexibility index (Phi) is 8.67. The zero-order chi connectivity index (χ0) is 19.8. The smallest absolute Gasteiger partial charge is 0.0751 e. The van der Waals surface area contributed by atoms with E-state index in [9.17, 15) is 5.26 Å². The van der Waals surface area contributed by atoms with Crippen molar-refractivity contribution in [1.29, 1.82) is 5.26 Å². The van der Waals surface area contributed by atoms with E-state index in [4.69, 9.17) is 0 Å². The molecule has 0 aromatic heterocycles. The normalized spacial score (nSPS) is 30.7. The lowest BCUT2D eigenvalue weighted by molar-refractivity contribution is 0.228. The second-order valence-corrected chi connectivity index (χ2v) is 11.5. The van der Waals surface area contributed by atoms with E-state index >= 15 is 0 Å². The highest BCUT2D eigenvalue weighted by molar-refractivity contribution is 8.16. The van der Waals surface area contributed by atoms with E-state index in [0.717, 1.165) is 31.6 Å². The summed E-state index contributed by atoms with van der Waals surface area (Å²) >= 11 is 4.32. The van der Waals surface area contributed by atoms with Gasteiger partial charge in [0.05, 0.1) is 16.1 Å². The predicted octanol–water partition coefficient (Wildman–Crippen LogP) is 8.33. The van der Waals surface area contributed by atoms with Crippen LogP contribution in [0.3, 0.4) is 0 Å². The maximum absolute atomic E-state index is 9.63. The van der Waals surface area contributed by atoms with Crippen molar-refractivity contribution in [3.05, 3.63) is 35.4 Å². The summed E-state index contributed by atoms with van der Waals surface area (Å²) < 4.78 is 0.624. The molecule has 1 saturated heterocycles. The Hall–Kier alpha value is -0.590. The fourth-order valence-electron chi connectivity index (χ4n) is 4.91. The molecule has 1 nitrogen and oxygen atoms in total. The summed E-state index contributed by atoms with van der Waals surface area (Å²) in [4.78, 5) is 0. The molecule has 0 atom stereocenters. The van der Waals surface area contributed by atoms with Gasteiger partial charge in [0, 0.05) is 0 Å². The molecular formula is C25H37NS2. The molecule has 0 N–H and O–H groups in total. The van der Waals surface area contributed by atoms with E-state index in [1.54, 1.807) is 0 Å². The number of nitrogens with zero attached hydrogens (tertiary/aromatic N) is 1. The van der Waals surface area contributed by atoms with E-state index in [-0.39, 0.29) is 5.41 Å². The zero-order valence-electron chi connectivity index (χ0n) is 17.8. The first-order valence-corrected chi connectivity index (χ1v) is 13.5. The third kappa shape index (κ3) is 5.73. The molecule has 154 valence electrons. The average Bonchev–Trinajstić information content (AvgIpc) is 2.75. The minimum absolute atomic E-state index is 0.0335. The molecule has 1 heterocycles. The van der Waals surface area contributed by atoms with Gasteiger partial charge in [-0.05, 0) is 73.0 Å². The van der Waals surface area contributed by atoms with E-state index in [2.05, 4.69) is 67.7 Å². The minimum Gasteiger partial charge on any atom is -0.198 e. The first kappa shape index (κ1) is 22.1. The van der Waals surface area contributed by atoms with Crippen molar-refractivity contribution in [3.8, 4) is 6.07 Å². The lowest BCUT2D eigenvalue weighted by Gasteiger charge is -2.35. The monoisotopic (exact) mass is 415 g/mol. The first-order chi connectivity index (χ1) is 13.7. The fourth-order valence-corrected chi connectivity index (χ4v) is 8.08. The van der Waals surface area contributed by atoms with Gasteiger partial charge in [-0.2, -0.15) is 5.26 Å². The lowest BCUT2D eigenvalue weighted by atomic mass is 9.68. The molecule has 0 spiro atoms. The highest BCUT2D eigenvalue weighted by atomic mass is 32.2. The van der Waals surface area contributed by atoms with Crippen LogP contribution in [0.4, 0.5) is 0 Å². The van der Waals surface area contributed by atoms with Gasteiger partial charge in [-0.1, -0.05) is 63.8 Å². The van der Waals surface area contributed by atoms with Crippen molar-refractivity contribution >= 4 is 23.5 Å². The van der Waals surface area contributed by atoms with Crippen molar-refractivity contribution in [2.75, 3.05) is 11.5 Å². The van der Waals surface area contributed by atoms with Crippen molar-refractivity contribution in [1.82, 2.24) is 0 Å². The Morgan fingerprint density at radius 3 is 2.18 bits per heavy atom. The molecule has 3 rings (SSSR count). The third-order valence-electron chi connectivity index (χ3n) is 6.77. The second kappa shape index (κ2) is 11.0. The Labute approximate surface area is 181 Å². The Morgan fingerprint density at radius 2 is 1.61 bits per heavy atom. The van der Waals surface area contributed by atoms with Crippen LogP contribution in [0.25, 0.3) is 0 Å². The molecule has 2 fully saturated rings. The van der Waals surface area contributed by atoms with E-state index in [1.807, 2.05) is 0 Å². The second-order valence-electron chi connectivity index (χ2n) is 8.94. The van der Waals surface area contributed by atoms with E-state index < -0.39 is 0 Å². The van der Waals surface area contributed by atoms with Crippen LogP contribution >= 0.6 is 23.5 Å². The van der Waals surface area contributed by atoms with Crippen molar-refractivity contribution in [2.45, 2.75) is 88.6 Å². The molecule has 3 heteroatoms. The summed E-state index contributed by atoms with van der Waals surface area (Å²) in [5.74, 6) is 4.24. The number of benzene rings is 1. The number of nitriles is 1. The summed E-state index contributed by atoms with van der Waals surface area (Å²) in [7, 11) is 0.